The van der Waals surface area contributed by atoms with Crippen molar-refractivity contribution in [3.63, 3.8) is 0 Å². The Hall–Kier alpha value is -2.35. The zero-order valence-electron chi connectivity index (χ0n) is 17.3. The van der Waals surface area contributed by atoms with Crippen LogP contribution in [0.15, 0.2) is 74.7 Å². The highest BCUT2D eigenvalue weighted by molar-refractivity contribution is 9.11. The number of carbonyl (C=O) groups is 1. The Labute approximate surface area is 209 Å². The van der Waals surface area contributed by atoms with Crippen LogP contribution in [0.2, 0.25) is 5.02 Å². The molecule has 0 atom stereocenters. The van der Waals surface area contributed by atoms with Crippen molar-refractivity contribution >= 4 is 55.6 Å². The SMILES string of the molecule is CCOc1ccc(CC(=O)N/N=C/c2cc(Br)c(OCc3ccc(Cl)cc3)c(Br)c2)cc1. The summed E-state index contributed by atoms with van der Waals surface area (Å²) in [5, 5.41) is 4.74. The van der Waals surface area contributed by atoms with Crippen LogP contribution in [0.4, 0.5) is 0 Å². The Morgan fingerprint density at radius 2 is 1.62 bits per heavy atom. The van der Waals surface area contributed by atoms with E-state index in [-0.39, 0.29) is 12.3 Å². The Bertz CT molecular complexity index is 1060. The summed E-state index contributed by atoms with van der Waals surface area (Å²) in [7, 11) is 0. The largest absolute Gasteiger partial charge is 0.494 e. The van der Waals surface area contributed by atoms with Crippen LogP contribution in [-0.4, -0.2) is 18.7 Å². The Morgan fingerprint density at radius 1 is 1.00 bits per heavy atom. The molecular weight excluding hydrogens is 560 g/mol. The van der Waals surface area contributed by atoms with Gasteiger partial charge in [-0.1, -0.05) is 35.9 Å². The lowest BCUT2D eigenvalue weighted by Crippen LogP contribution is -2.19. The molecule has 1 N–H and O–H groups in total. The summed E-state index contributed by atoms with van der Waals surface area (Å²) >= 11 is 13.0. The van der Waals surface area contributed by atoms with Crippen LogP contribution in [0.5, 0.6) is 11.5 Å². The molecule has 32 heavy (non-hydrogen) atoms. The molecule has 0 saturated carbocycles. The van der Waals surface area contributed by atoms with Crippen molar-refractivity contribution in [3.8, 4) is 11.5 Å². The molecule has 0 saturated heterocycles. The number of benzene rings is 3. The van der Waals surface area contributed by atoms with Crippen LogP contribution in [0.1, 0.15) is 23.6 Å². The van der Waals surface area contributed by atoms with Gasteiger partial charge in [0.25, 0.3) is 0 Å². The van der Waals surface area contributed by atoms with Crippen LogP contribution in [0, 0.1) is 0 Å². The molecular formula is C24H21Br2ClN2O3. The van der Waals surface area contributed by atoms with Crippen molar-refractivity contribution in [1.29, 1.82) is 0 Å². The van der Waals surface area contributed by atoms with E-state index in [4.69, 9.17) is 21.1 Å². The van der Waals surface area contributed by atoms with Crippen molar-refractivity contribution < 1.29 is 14.3 Å². The van der Waals surface area contributed by atoms with Gasteiger partial charge < -0.3 is 9.47 Å². The number of ether oxygens (including phenoxy) is 2. The normalized spacial score (nSPS) is 10.9. The molecule has 0 unspecified atom stereocenters. The average molecular weight is 581 g/mol. The Balaban J connectivity index is 1.54. The third-order valence-electron chi connectivity index (χ3n) is 4.32. The molecule has 0 heterocycles. The number of hydrogen-bond donors (Lipinski definition) is 1. The van der Waals surface area contributed by atoms with E-state index in [0.717, 1.165) is 31.4 Å². The van der Waals surface area contributed by atoms with E-state index in [1.54, 1.807) is 6.21 Å². The molecule has 0 bridgehead atoms. The maximum atomic E-state index is 12.1. The minimum absolute atomic E-state index is 0.202. The molecule has 5 nitrogen and oxygen atoms in total. The predicted octanol–water partition coefficient (Wildman–Crippen LogP) is 6.54. The van der Waals surface area contributed by atoms with Gasteiger partial charge in [-0.15, -0.1) is 0 Å². The lowest BCUT2D eigenvalue weighted by molar-refractivity contribution is -0.120. The van der Waals surface area contributed by atoms with Crippen LogP contribution < -0.4 is 14.9 Å². The molecule has 3 aromatic rings. The summed E-state index contributed by atoms with van der Waals surface area (Å²) in [5.74, 6) is 1.26. The zero-order chi connectivity index (χ0) is 22.9. The van der Waals surface area contributed by atoms with Crippen molar-refractivity contribution in [2.45, 2.75) is 20.0 Å². The summed E-state index contributed by atoms with van der Waals surface area (Å²) < 4.78 is 12.9. The molecule has 3 aromatic carbocycles. The minimum atomic E-state index is -0.202. The van der Waals surface area contributed by atoms with E-state index in [1.807, 2.05) is 67.6 Å². The number of halogens is 3. The van der Waals surface area contributed by atoms with Gasteiger partial charge in [-0.3, -0.25) is 4.79 Å². The van der Waals surface area contributed by atoms with E-state index >= 15 is 0 Å². The predicted molar refractivity (Wildman–Crippen MR) is 135 cm³/mol. The molecule has 0 spiro atoms. The second kappa shape index (κ2) is 12.0. The lowest BCUT2D eigenvalue weighted by atomic mass is 10.1. The zero-order valence-corrected chi connectivity index (χ0v) is 21.2. The van der Waals surface area contributed by atoms with Gasteiger partial charge in [0.1, 0.15) is 18.1 Å². The van der Waals surface area contributed by atoms with Crippen molar-refractivity contribution in [2.75, 3.05) is 6.61 Å². The number of nitrogens with zero attached hydrogens (tertiary/aromatic N) is 1. The molecule has 0 aliphatic heterocycles. The van der Waals surface area contributed by atoms with Crippen LogP contribution in [0.3, 0.4) is 0 Å². The highest BCUT2D eigenvalue weighted by Gasteiger charge is 2.09. The fourth-order valence-electron chi connectivity index (χ4n) is 2.80. The van der Waals surface area contributed by atoms with E-state index in [2.05, 4.69) is 42.4 Å². The Morgan fingerprint density at radius 3 is 2.25 bits per heavy atom. The van der Waals surface area contributed by atoms with Gasteiger partial charge in [0.05, 0.1) is 28.2 Å². The molecule has 166 valence electrons. The first-order valence-electron chi connectivity index (χ1n) is 9.84. The monoisotopic (exact) mass is 578 g/mol. The summed E-state index contributed by atoms with van der Waals surface area (Å²) in [6.45, 7) is 2.94. The molecule has 1 amide bonds. The highest BCUT2D eigenvalue weighted by atomic mass is 79.9. The number of hydrazone groups is 1. The minimum Gasteiger partial charge on any atom is -0.494 e. The van der Waals surface area contributed by atoms with Crippen LogP contribution in [-0.2, 0) is 17.8 Å². The molecule has 0 aliphatic rings. The molecule has 0 fully saturated rings. The standard InChI is InChI=1S/C24H21Br2ClN2O3/c1-2-31-20-9-5-16(6-10-20)13-23(30)29-28-14-18-11-21(25)24(22(26)12-18)32-15-17-3-7-19(27)8-4-17/h3-12,14H,2,13,15H2,1H3,(H,29,30)/b28-14+. The summed E-state index contributed by atoms with van der Waals surface area (Å²) in [6, 6.07) is 18.7. The summed E-state index contributed by atoms with van der Waals surface area (Å²) in [4.78, 5) is 12.1. The molecule has 3 rings (SSSR count). The topological polar surface area (TPSA) is 59.9 Å². The second-order valence-electron chi connectivity index (χ2n) is 6.78. The maximum absolute atomic E-state index is 12.1. The third-order valence-corrected chi connectivity index (χ3v) is 5.75. The number of hydrogen-bond acceptors (Lipinski definition) is 4. The highest BCUT2D eigenvalue weighted by Crippen LogP contribution is 2.35. The van der Waals surface area contributed by atoms with Crippen LogP contribution in [0.25, 0.3) is 0 Å². The van der Waals surface area contributed by atoms with E-state index in [1.165, 1.54) is 0 Å². The average Bonchev–Trinajstić information content (AvgIpc) is 2.76. The number of rotatable bonds is 9. The number of nitrogens with one attached hydrogen (secondary N) is 1. The van der Waals surface area contributed by atoms with Gasteiger partial charge in [-0.05, 0) is 91.9 Å². The smallest absolute Gasteiger partial charge is 0.244 e. The maximum Gasteiger partial charge on any atom is 0.244 e. The fourth-order valence-corrected chi connectivity index (χ4v) is 4.38. The quantitative estimate of drug-likeness (QED) is 0.231. The van der Waals surface area contributed by atoms with Gasteiger partial charge in [0, 0.05) is 5.02 Å². The van der Waals surface area contributed by atoms with Crippen molar-refractivity contribution in [3.05, 3.63) is 91.3 Å². The van der Waals surface area contributed by atoms with Gasteiger partial charge in [-0.25, -0.2) is 5.43 Å². The first-order valence-corrected chi connectivity index (χ1v) is 11.8. The van der Waals surface area contributed by atoms with Crippen molar-refractivity contribution in [1.82, 2.24) is 5.43 Å². The first-order chi connectivity index (χ1) is 15.4. The number of amides is 1. The summed E-state index contributed by atoms with van der Waals surface area (Å²) in [6.07, 6.45) is 1.81. The van der Waals surface area contributed by atoms with Gasteiger partial charge in [0.15, 0.2) is 0 Å². The fraction of sp³-hybridized carbons (Fsp3) is 0.167. The van der Waals surface area contributed by atoms with Gasteiger partial charge >= 0.3 is 0 Å². The number of carbonyl (C=O) groups excluding carboxylic acids is 1. The lowest BCUT2D eigenvalue weighted by Gasteiger charge is -2.11. The van der Waals surface area contributed by atoms with E-state index < -0.39 is 0 Å². The molecule has 0 aliphatic carbocycles. The molecule has 0 radical (unpaired) electrons. The van der Waals surface area contributed by atoms with E-state index in [0.29, 0.717) is 24.0 Å². The van der Waals surface area contributed by atoms with Gasteiger partial charge in [-0.2, -0.15) is 5.10 Å². The second-order valence-corrected chi connectivity index (χ2v) is 8.92. The van der Waals surface area contributed by atoms with Crippen LogP contribution >= 0.6 is 43.5 Å². The molecule has 8 heteroatoms. The van der Waals surface area contributed by atoms with Gasteiger partial charge in [0.2, 0.25) is 5.91 Å². The first kappa shape index (κ1) is 24.3. The third kappa shape index (κ3) is 7.36. The summed E-state index contributed by atoms with van der Waals surface area (Å²) in [5.41, 5.74) is 5.24. The molecule has 0 aromatic heterocycles. The Kier molecular flexibility index (Phi) is 9.14. The van der Waals surface area contributed by atoms with Crippen molar-refractivity contribution in [2.24, 2.45) is 5.10 Å². The van der Waals surface area contributed by atoms with E-state index in [9.17, 15) is 4.79 Å².